The molecule has 154 valence electrons. The number of nitrogens with zero attached hydrogens (tertiary/aromatic N) is 1. The minimum Gasteiger partial charge on any atom is -0.452 e. The second-order valence-electron chi connectivity index (χ2n) is 6.54. The summed E-state index contributed by atoms with van der Waals surface area (Å²) in [4.78, 5) is 26.3. The highest BCUT2D eigenvalue weighted by molar-refractivity contribution is 7.90. The molecule has 0 atom stereocenters. The average Bonchev–Trinajstić information content (AvgIpc) is 2.72. The Balaban J connectivity index is 1.56. The molecule has 1 heterocycles. The zero-order chi connectivity index (χ0) is 20.9. The van der Waals surface area contributed by atoms with Crippen molar-refractivity contribution in [1.82, 2.24) is 0 Å². The Kier molecular flexibility index (Phi) is 6.50. The summed E-state index contributed by atoms with van der Waals surface area (Å²) in [7, 11) is -3.59. The van der Waals surface area contributed by atoms with Crippen LogP contribution in [0.1, 0.15) is 10.4 Å². The van der Waals surface area contributed by atoms with Crippen molar-refractivity contribution in [2.24, 2.45) is 0 Å². The second kappa shape index (κ2) is 9.06. The summed E-state index contributed by atoms with van der Waals surface area (Å²) >= 11 is 0. The Hall–Kier alpha value is -2.91. The molecule has 0 aromatic heterocycles. The van der Waals surface area contributed by atoms with Gasteiger partial charge in [-0.1, -0.05) is 12.1 Å². The first kappa shape index (κ1) is 20.8. The van der Waals surface area contributed by atoms with Crippen LogP contribution in [0.2, 0.25) is 0 Å². The van der Waals surface area contributed by atoms with E-state index in [1.165, 1.54) is 24.3 Å². The van der Waals surface area contributed by atoms with E-state index in [9.17, 15) is 18.0 Å². The second-order valence-corrected chi connectivity index (χ2v) is 8.52. The molecule has 1 fully saturated rings. The number of morpholine rings is 1. The summed E-state index contributed by atoms with van der Waals surface area (Å²) in [6.07, 6.45) is 1.01. The fourth-order valence-corrected chi connectivity index (χ4v) is 3.82. The first-order valence-corrected chi connectivity index (χ1v) is 10.9. The van der Waals surface area contributed by atoms with Crippen LogP contribution in [0.3, 0.4) is 0 Å². The van der Waals surface area contributed by atoms with E-state index in [4.69, 9.17) is 9.47 Å². The van der Waals surface area contributed by atoms with E-state index in [0.717, 1.165) is 25.0 Å². The van der Waals surface area contributed by atoms with E-state index in [1.54, 1.807) is 12.1 Å². The SMILES string of the molecule is CS(=O)(=O)c1ccccc1C(=O)OCC(=O)Nc1ccc(N2CCOCC2)cc1. The van der Waals surface area contributed by atoms with Crippen LogP contribution in [-0.2, 0) is 24.1 Å². The lowest BCUT2D eigenvalue weighted by atomic mass is 10.2. The maximum absolute atomic E-state index is 12.2. The van der Waals surface area contributed by atoms with Gasteiger partial charge < -0.3 is 19.7 Å². The number of rotatable bonds is 6. The third-order valence-electron chi connectivity index (χ3n) is 4.37. The van der Waals surface area contributed by atoms with Crippen molar-refractivity contribution in [2.75, 3.05) is 49.4 Å². The fraction of sp³-hybridized carbons (Fsp3) is 0.300. The minimum absolute atomic E-state index is 0.0994. The molecule has 1 aliphatic heterocycles. The molecule has 1 N–H and O–H groups in total. The number of amides is 1. The van der Waals surface area contributed by atoms with Crippen LogP contribution in [0.15, 0.2) is 53.4 Å². The van der Waals surface area contributed by atoms with Crippen LogP contribution in [0.4, 0.5) is 11.4 Å². The molecule has 29 heavy (non-hydrogen) atoms. The first-order valence-electron chi connectivity index (χ1n) is 9.03. The minimum atomic E-state index is -3.59. The molecule has 0 radical (unpaired) electrons. The number of ether oxygens (including phenoxy) is 2. The van der Waals surface area contributed by atoms with Gasteiger partial charge in [-0.2, -0.15) is 0 Å². The van der Waals surface area contributed by atoms with E-state index in [0.29, 0.717) is 18.9 Å². The Labute approximate surface area is 169 Å². The number of carbonyl (C=O) groups excluding carboxylic acids is 2. The molecule has 2 aromatic carbocycles. The number of hydrogen-bond acceptors (Lipinski definition) is 7. The van der Waals surface area contributed by atoms with Gasteiger partial charge in [-0.25, -0.2) is 13.2 Å². The predicted molar refractivity (Wildman–Crippen MR) is 108 cm³/mol. The normalized spacial score (nSPS) is 14.3. The van der Waals surface area contributed by atoms with E-state index < -0.39 is 28.3 Å². The average molecular weight is 418 g/mol. The van der Waals surface area contributed by atoms with Gasteiger partial charge in [-0.3, -0.25) is 4.79 Å². The zero-order valence-corrected chi connectivity index (χ0v) is 16.8. The maximum atomic E-state index is 12.2. The van der Waals surface area contributed by atoms with Crippen molar-refractivity contribution in [3.05, 3.63) is 54.1 Å². The monoisotopic (exact) mass is 418 g/mol. The first-order chi connectivity index (χ1) is 13.8. The Bertz CT molecular complexity index is 982. The van der Waals surface area contributed by atoms with Gasteiger partial charge in [-0.15, -0.1) is 0 Å². The smallest absolute Gasteiger partial charge is 0.339 e. The highest BCUT2D eigenvalue weighted by atomic mass is 32.2. The molecule has 2 aromatic rings. The third kappa shape index (κ3) is 5.55. The van der Waals surface area contributed by atoms with Crippen molar-refractivity contribution in [3.63, 3.8) is 0 Å². The van der Waals surface area contributed by atoms with Crippen LogP contribution in [0.25, 0.3) is 0 Å². The molecule has 0 saturated carbocycles. The number of benzene rings is 2. The van der Waals surface area contributed by atoms with Gasteiger partial charge in [0.15, 0.2) is 16.4 Å². The van der Waals surface area contributed by atoms with Gasteiger partial charge in [0.1, 0.15) is 0 Å². The number of anilines is 2. The van der Waals surface area contributed by atoms with Crippen molar-refractivity contribution >= 4 is 33.1 Å². The maximum Gasteiger partial charge on any atom is 0.339 e. The number of sulfone groups is 1. The Morgan fingerprint density at radius 1 is 1.07 bits per heavy atom. The molecule has 1 saturated heterocycles. The molecule has 1 amide bonds. The predicted octanol–water partition coefficient (Wildman–Crippen LogP) is 1.72. The lowest BCUT2D eigenvalue weighted by molar-refractivity contribution is -0.119. The summed E-state index contributed by atoms with van der Waals surface area (Å²) in [5.41, 5.74) is 1.51. The van der Waals surface area contributed by atoms with Crippen LogP contribution in [-0.4, -0.2) is 59.5 Å². The van der Waals surface area contributed by atoms with E-state index in [1.807, 2.05) is 12.1 Å². The van der Waals surface area contributed by atoms with Gasteiger partial charge in [0.05, 0.1) is 23.7 Å². The van der Waals surface area contributed by atoms with Crippen LogP contribution in [0.5, 0.6) is 0 Å². The highest BCUT2D eigenvalue weighted by Gasteiger charge is 2.20. The summed E-state index contributed by atoms with van der Waals surface area (Å²) in [5.74, 6) is -1.39. The lowest BCUT2D eigenvalue weighted by Crippen LogP contribution is -2.36. The van der Waals surface area contributed by atoms with Gasteiger partial charge in [0.25, 0.3) is 5.91 Å². The fourth-order valence-electron chi connectivity index (χ4n) is 2.94. The van der Waals surface area contributed by atoms with Crippen LogP contribution >= 0.6 is 0 Å². The van der Waals surface area contributed by atoms with Crippen molar-refractivity contribution < 1.29 is 27.5 Å². The van der Waals surface area contributed by atoms with E-state index >= 15 is 0 Å². The van der Waals surface area contributed by atoms with E-state index in [-0.39, 0.29) is 10.5 Å². The van der Waals surface area contributed by atoms with Crippen molar-refractivity contribution in [1.29, 1.82) is 0 Å². The molecule has 0 spiro atoms. The van der Waals surface area contributed by atoms with E-state index in [2.05, 4.69) is 10.2 Å². The quantitative estimate of drug-likeness (QED) is 0.713. The molecule has 0 aliphatic carbocycles. The standard InChI is InChI=1S/C20H22N2O6S/c1-29(25,26)18-5-3-2-4-17(18)20(24)28-14-19(23)21-15-6-8-16(9-7-15)22-10-12-27-13-11-22/h2-9H,10-14H2,1H3,(H,21,23). The molecule has 8 nitrogen and oxygen atoms in total. The molecule has 9 heteroatoms. The molecule has 0 unspecified atom stereocenters. The van der Waals surface area contributed by atoms with Gasteiger partial charge in [0, 0.05) is 30.7 Å². The summed E-state index contributed by atoms with van der Waals surface area (Å²) in [6.45, 7) is 2.48. The third-order valence-corrected chi connectivity index (χ3v) is 5.52. The Morgan fingerprint density at radius 2 is 1.72 bits per heavy atom. The summed E-state index contributed by atoms with van der Waals surface area (Å²) in [5, 5.41) is 2.65. The van der Waals surface area contributed by atoms with Gasteiger partial charge in [0.2, 0.25) is 0 Å². The topological polar surface area (TPSA) is 102 Å². The van der Waals surface area contributed by atoms with Gasteiger partial charge in [-0.05, 0) is 36.4 Å². The Morgan fingerprint density at radius 3 is 2.38 bits per heavy atom. The zero-order valence-electron chi connectivity index (χ0n) is 16.0. The van der Waals surface area contributed by atoms with Gasteiger partial charge >= 0.3 is 5.97 Å². The largest absolute Gasteiger partial charge is 0.452 e. The highest BCUT2D eigenvalue weighted by Crippen LogP contribution is 2.19. The summed E-state index contributed by atoms with van der Waals surface area (Å²) in [6, 6.07) is 13.0. The molecular weight excluding hydrogens is 396 g/mol. The number of esters is 1. The lowest BCUT2D eigenvalue weighted by Gasteiger charge is -2.28. The summed E-state index contributed by atoms with van der Waals surface area (Å²) < 4.78 is 33.9. The molecule has 3 rings (SSSR count). The van der Waals surface area contributed by atoms with Crippen LogP contribution < -0.4 is 10.2 Å². The number of carbonyl (C=O) groups is 2. The number of nitrogens with one attached hydrogen (secondary N) is 1. The van der Waals surface area contributed by atoms with Crippen molar-refractivity contribution in [3.8, 4) is 0 Å². The molecule has 0 bridgehead atoms. The molecule has 1 aliphatic rings. The molecular formula is C20H22N2O6S. The van der Waals surface area contributed by atoms with Crippen molar-refractivity contribution in [2.45, 2.75) is 4.90 Å². The van der Waals surface area contributed by atoms with Crippen LogP contribution in [0, 0.1) is 0 Å². The number of hydrogen-bond donors (Lipinski definition) is 1.